The number of hydrogen-bond acceptors (Lipinski definition) is 0. The lowest BCUT2D eigenvalue weighted by Gasteiger charge is -2.13. The van der Waals surface area contributed by atoms with E-state index >= 15 is 0 Å². The zero-order valence-electron chi connectivity index (χ0n) is 6.95. The molecule has 0 atom stereocenters. The number of hydrogen-bond donors (Lipinski definition) is 0. The summed E-state index contributed by atoms with van der Waals surface area (Å²) in [7, 11) is 0. The molecule has 0 aromatic heterocycles. The van der Waals surface area contributed by atoms with Gasteiger partial charge in [-0.2, -0.15) is 0 Å². The minimum absolute atomic E-state index is 0. The Kier molecular flexibility index (Phi) is 5.36. The molecule has 1 aromatic rings. The van der Waals surface area contributed by atoms with E-state index in [4.69, 9.17) is 0 Å². The van der Waals surface area contributed by atoms with Gasteiger partial charge < -0.3 is 0 Å². The first kappa shape index (κ1) is 11.8. The average molecular weight is 205 g/mol. The molecule has 0 fully saturated rings. The zero-order chi connectivity index (χ0) is 6.81. The van der Waals surface area contributed by atoms with E-state index in [1.54, 1.807) is 11.1 Å². The third kappa shape index (κ3) is 2.40. The molecule has 68 valence electrons. The highest BCUT2D eigenvalue weighted by atomic mass is 35.5. The second-order valence-electron chi connectivity index (χ2n) is 2.98. The lowest BCUT2D eigenvalue weighted by Crippen LogP contribution is -2.00. The molecule has 1 aliphatic carbocycles. The Morgan fingerprint density at radius 1 is 0.750 bits per heavy atom. The number of benzene rings is 1. The average Bonchev–Trinajstić information content (AvgIpc) is 2.05. The van der Waals surface area contributed by atoms with Crippen LogP contribution in [0.4, 0.5) is 0 Å². The summed E-state index contributed by atoms with van der Waals surface area (Å²) in [5.41, 5.74) is 3.16. The standard InChI is InChI=1S/C10H12.2ClH/c1-2-6-10-8-4-3-7-9(10)5-1;;/h1-2,5-6H,3-4,7-8H2;2*1H. The van der Waals surface area contributed by atoms with E-state index in [0.29, 0.717) is 0 Å². The predicted octanol–water partition coefficient (Wildman–Crippen LogP) is 3.41. The van der Waals surface area contributed by atoms with Gasteiger partial charge in [0.1, 0.15) is 0 Å². The van der Waals surface area contributed by atoms with Crippen LogP contribution in [0.5, 0.6) is 0 Å². The molecule has 12 heavy (non-hydrogen) atoms. The maximum Gasteiger partial charge on any atom is -0.0276 e. The molecule has 0 saturated heterocycles. The van der Waals surface area contributed by atoms with Crippen LogP contribution in [-0.2, 0) is 12.8 Å². The highest BCUT2D eigenvalue weighted by Crippen LogP contribution is 2.19. The SMILES string of the molecule is Cl.Cl.c1ccc2c(c1)CCCC2. The summed E-state index contributed by atoms with van der Waals surface area (Å²) >= 11 is 0. The van der Waals surface area contributed by atoms with Crippen LogP contribution in [0.1, 0.15) is 24.0 Å². The molecule has 2 heteroatoms. The van der Waals surface area contributed by atoms with E-state index in [-0.39, 0.29) is 24.8 Å². The summed E-state index contributed by atoms with van der Waals surface area (Å²) in [6, 6.07) is 8.80. The summed E-state index contributed by atoms with van der Waals surface area (Å²) in [4.78, 5) is 0. The largest absolute Gasteiger partial charge is 0.147 e. The number of fused-ring (bicyclic) bond motifs is 1. The Labute approximate surface area is 86.2 Å². The predicted molar refractivity (Wildman–Crippen MR) is 57.6 cm³/mol. The van der Waals surface area contributed by atoms with Crippen LogP contribution in [0, 0.1) is 0 Å². The number of rotatable bonds is 0. The second kappa shape index (κ2) is 5.45. The molecule has 1 aliphatic rings. The van der Waals surface area contributed by atoms with Crippen LogP contribution >= 0.6 is 24.8 Å². The van der Waals surface area contributed by atoms with Gasteiger partial charge in [-0.3, -0.25) is 0 Å². The van der Waals surface area contributed by atoms with Gasteiger partial charge in [0, 0.05) is 0 Å². The molecule has 2 rings (SSSR count). The van der Waals surface area contributed by atoms with Gasteiger partial charge in [0.15, 0.2) is 0 Å². The summed E-state index contributed by atoms with van der Waals surface area (Å²) in [6.45, 7) is 0. The molecule has 0 heterocycles. The van der Waals surface area contributed by atoms with Crippen molar-refractivity contribution in [1.82, 2.24) is 0 Å². The van der Waals surface area contributed by atoms with Gasteiger partial charge in [-0.05, 0) is 36.8 Å². The molecule has 0 radical (unpaired) electrons. The van der Waals surface area contributed by atoms with Crippen molar-refractivity contribution in [2.24, 2.45) is 0 Å². The van der Waals surface area contributed by atoms with Gasteiger partial charge in [-0.15, -0.1) is 24.8 Å². The van der Waals surface area contributed by atoms with Crippen molar-refractivity contribution in [3.05, 3.63) is 35.4 Å². The molecule has 0 aliphatic heterocycles. The van der Waals surface area contributed by atoms with E-state index in [1.807, 2.05) is 0 Å². The molecule has 0 nitrogen and oxygen atoms in total. The lowest BCUT2D eigenvalue weighted by atomic mass is 9.92. The molecular weight excluding hydrogens is 191 g/mol. The van der Waals surface area contributed by atoms with Crippen molar-refractivity contribution in [3.8, 4) is 0 Å². The van der Waals surface area contributed by atoms with Gasteiger partial charge in [-0.25, -0.2) is 0 Å². The maximum atomic E-state index is 2.26. The van der Waals surface area contributed by atoms with Crippen molar-refractivity contribution >= 4 is 24.8 Å². The number of aryl methyl sites for hydroxylation is 2. The Bertz CT molecular complexity index is 208. The molecule has 0 saturated carbocycles. The van der Waals surface area contributed by atoms with Gasteiger partial charge in [0.05, 0.1) is 0 Å². The molecule has 1 aromatic carbocycles. The fourth-order valence-electron chi connectivity index (χ4n) is 1.68. The van der Waals surface area contributed by atoms with E-state index < -0.39 is 0 Å². The maximum absolute atomic E-state index is 2.26. The first-order valence-electron chi connectivity index (χ1n) is 4.03. The van der Waals surface area contributed by atoms with E-state index in [2.05, 4.69) is 24.3 Å². The summed E-state index contributed by atoms with van der Waals surface area (Å²) in [6.07, 6.45) is 5.38. The molecule has 0 bridgehead atoms. The van der Waals surface area contributed by atoms with Gasteiger partial charge in [0.25, 0.3) is 0 Å². The first-order valence-corrected chi connectivity index (χ1v) is 4.03. The van der Waals surface area contributed by atoms with Crippen molar-refractivity contribution in [3.63, 3.8) is 0 Å². The van der Waals surface area contributed by atoms with Crippen LogP contribution in [0.15, 0.2) is 24.3 Å². The third-order valence-electron chi connectivity index (χ3n) is 2.26. The van der Waals surface area contributed by atoms with Crippen molar-refractivity contribution in [2.45, 2.75) is 25.7 Å². The monoisotopic (exact) mass is 204 g/mol. The van der Waals surface area contributed by atoms with E-state index in [9.17, 15) is 0 Å². The number of halogens is 2. The minimum atomic E-state index is 0. The Hall–Kier alpha value is -0.200. The second-order valence-corrected chi connectivity index (χ2v) is 2.98. The van der Waals surface area contributed by atoms with Crippen LogP contribution in [0.3, 0.4) is 0 Å². The molecule has 0 N–H and O–H groups in total. The topological polar surface area (TPSA) is 0 Å². The molecular formula is C10H14Cl2. The zero-order valence-corrected chi connectivity index (χ0v) is 8.59. The van der Waals surface area contributed by atoms with E-state index in [1.165, 1.54) is 25.7 Å². The van der Waals surface area contributed by atoms with Crippen molar-refractivity contribution < 1.29 is 0 Å². The molecule has 0 amide bonds. The van der Waals surface area contributed by atoms with E-state index in [0.717, 1.165) is 0 Å². The van der Waals surface area contributed by atoms with Crippen molar-refractivity contribution in [1.29, 1.82) is 0 Å². The minimum Gasteiger partial charge on any atom is -0.147 e. The van der Waals surface area contributed by atoms with Gasteiger partial charge in [0.2, 0.25) is 0 Å². The van der Waals surface area contributed by atoms with Crippen LogP contribution < -0.4 is 0 Å². The van der Waals surface area contributed by atoms with Crippen LogP contribution in [-0.4, -0.2) is 0 Å². The Balaban J connectivity index is 0.000000605. The summed E-state index contributed by atoms with van der Waals surface area (Å²) in [5.74, 6) is 0. The van der Waals surface area contributed by atoms with Gasteiger partial charge >= 0.3 is 0 Å². The fourth-order valence-corrected chi connectivity index (χ4v) is 1.68. The Morgan fingerprint density at radius 3 is 1.58 bits per heavy atom. The molecule has 0 unspecified atom stereocenters. The third-order valence-corrected chi connectivity index (χ3v) is 2.26. The highest BCUT2D eigenvalue weighted by Gasteiger charge is 2.05. The lowest BCUT2D eigenvalue weighted by molar-refractivity contribution is 0.685. The van der Waals surface area contributed by atoms with Crippen molar-refractivity contribution in [2.75, 3.05) is 0 Å². The quantitative estimate of drug-likeness (QED) is 0.608. The Morgan fingerprint density at radius 2 is 1.17 bits per heavy atom. The summed E-state index contributed by atoms with van der Waals surface area (Å²) in [5, 5.41) is 0. The first-order chi connectivity index (χ1) is 4.97. The molecule has 0 spiro atoms. The smallest absolute Gasteiger partial charge is 0.0276 e. The van der Waals surface area contributed by atoms with Gasteiger partial charge in [-0.1, -0.05) is 24.3 Å². The fraction of sp³-hybridized carbons (Fsp3) is 0.400. The van der Waals surface area contributed by atoms with Crippen LogP contribution in [0.2, 0.25) is 0 Å². The highest BCUT2D eigenvalue weighted by molar-refractivity contribution is 5.85. The van der Waals surface area contributed by atoms with Crippen LogP contribution in [0.25, 0.3) is 0 Å². The summed E-state index contributed by atoms with van der Waals surface area (Å²) < 4.78 is 0. The normalized spacial score (nSPS) is 13.7.